The molecule has 7 heteroatoms. The zero-order chi connectivity index (χ0) is 17.0. The third kappa shape index (κ3) is 7.17. The molecule has 1 atom stereocenters. The molecule has 1 aliphatic heterocycles. The molecule has 0 aliphatic carbocycles. The number of nitrogens with one attached hydrogen (secondary N) is 1. The van der Waals surface area contributed by atoms with Crippen LogP contribution in [0.1, 0.15) is 52.9 Å². The van der Waals surface area contributed by atoms with E-state index in [2.05, 4.69) is 5.32 Å². The van der Waals surface area contributed by atoms with Gasteiger partial charge in [-0.25, -0.2) is 0 Å². The van der Waals surface area contributed by atoms with Crippen LogP contribution in [0.25, 0.3) is 0 Å². The van der Waals surface area contributed by atoms with E-state index in [0.29, 0.717) is 19.8 Å². The van der Waals surface area contributed by atoms with Gasteiger partial charge in [0, 0.05) is 38.7 Å². The van der Waals surface area contributed by atoms with Crippen molar-refractivity contribution in [2.45, 2.75) is 64.7 Å². The third-order valence-electron chi connectivity index (χ3n) is 3.99. The number of hydrogen-bond donors (Lipinski definition) is 2. The van der Waals surface area contributed by atoms with Gasteiger partial charge < -0.3 is 29.1 Å². The highest BCUT2D eigenvalue weighted by atomic mass is 28.4. The molecule has 0 saturated carbocycles. The summed E-state index contributed by atoms with van der Waals surface area (Å²) in [6.07, 6.45) is 4.84. The summed E-state index contributed by atoms with van der Waals surface area (Å²) in [5, 5.41) is 3.41. The fourth-order valence-electron chi connectivity index (χ4n) is 3.09. The lowest BCUT2D eigenvalue weighted by atomic mass is 10.0. The van der Waals surface area contributed by atoms with Gasteiger partial charge in [-0.3, -0.25) is 0 Å². The average Bonchev–Trinajstić information content (AvgIpc) is 2.52. The SMILES string of the molecule is CCOC1(CCCNCCCN)CCC[Si](OCC)(OCC)O1. The number of ether oxygens (including phenoxy) is 1. The summed E-state index contributed by atoms with van der Waals surface area (Å²) in [5.74, 6) is -0.543. The summed E-state index contributed by atoms with van der Waals surface area (Å²) in [6.45, 7) is 10.5. The van der Waals surface area contributed by atoms with Crippen molar-refractivity contribution in [3.8, 4) is 0 Å². The summed E-state index contributed by atoms with van der Waals surface area (Å²) < 4.78 is 24.4. The van der Waals surface area contributed by atoms with Gasteiger partial charge in [-0.05, 0) is 59.7 Å². The van der Waals surface area contributed by atoms with Crippen LogP contribution in [0.3, 0.4) is 0 Å². The number of hydrogen-bond acceptors (Lipinski definition) is 6. The Bertz CT molecular complexity index is 294. The predicted molar refractivity (Wildman–Crippen MR) is 94.3 cm³/mol. The second-order valence-corrected chi connectivity index (χ2v) is 8.49. The van der Waals surface area contributed by atoms with E-state index >= 15 is 0 Å². The van der Waals surface area contributed by atoms with Crippen LogP contribution in [0, 0.1) is 0 Å². The van der Waals surface area contributed by atoms with Crippen molar-refractivity contribution in [2.24, 2.45) is 5.73 Å². The van der Waals surface area contributed by atoms with Gasteiger partial charge in [0.05, 0.1) is 0 Å². The van der Waals surface area contributed by atoms with Crippen molar-refractivity contribution in [2.75, 3.05) is 39.5 Å². The normalized spacial score (nSPS) is 24.0. The Balaban J connectivity index is 2.59. The van der Waals surface area contributed by atoms with Gasteiger partial charge in [0.1, 0.15) is 0 Å². The van der Waals surface area contributed by atoms with E-state index in [4.69, 9.17) is 23.7 Å². The van der Waals surface area contributed by atoms with E-state index in [0.717, 1.165) is 57.8 Å². The smallest absolute Gasteiger partial charge is 0.374 e. The molecular weight excluding hydrogens is 312 g/mol. The lowest BCUT2D eigenvalue weighted by molar-refractivity contribution is -0.226. The Kier molecular flexibility index (Phi) is 10.5. The third-order valence-corrected chi connectivity index (χ3v) is 7.09. The molecule has 1 heterocycles. The highest BCUT2D eigenvalue weighted by Crippen LogP contribution is 2.38. The number of nitrogens with two attached hydrogens (primary N) is 1. The second-order valence-electron chi connectivity index (χ2n) is 5.84. The van der Waals surface area contributed by atoms with Crippen LogP contribution in [-0.4, -0.2) is 54.0 Å². The second kappa shape index (κ2) is 11.5. The first-order valence-electron chi connectivity index (χ1n) is 9.18. The van der Waals surface area contributed by atoms with Crippen molar-refractivity contribution in [3.63, 3.8) is 0 Å². The van der Waals surface area contributed by atoms with Gasteiger partial charge in [0.15, 0.2) is 5.79 Å². The van der Waals surface area contributed by atoms with Gasteiger partial charge >= 0.3 is 8.80 Å². The van der Waals surface area contributed by atoms with E-state index in [-0.39, 0.29) is 0 Å². The maximum Gasteiger partial charge on any atom is 0.503 e. The molecule has 138 valence electrons. The first-order valence-corrected chi connectivity index (χ1v) is 11.1. The van der Waals surface area contributed by atoms with Crippen LogP contribution < -0.4 is 11.1 Å². The minimum Gasteiger partial charge on any atom is -0.374 e. The molecule has 1 unspecified atom stereocenters. The lowest BCUT2D eigenvalue weighted by Crippen LogP contribution is -2.57. The van der Waals surface area contributed by atoms with Gasteiger partial charge in [-0.15, -0.1) is 0 Å². The zero-order valence-electron chi connectivity index (χ0n) is 15.2. The molecule has 1 saturated heterocycles. The molecular formula is C16H36N2O4Si. The fourth-order valence-corrected chi connectivity index (χ4v) is 6.00. The Labute approximate surface area is 142 Å². The lowest BCUT2D eigenvalue weighted by Gasteiger charge is -2.44. The van der Waals surface area contributed by atoms with E-state index in [1.54, 1.807) is 0 Å². The topological polar surface area (TPSA) is 75.0 Å². The molecule has 0 aromatic rings. The van der Waals surface area contributed by atoms with Crippen LogP contribution >= 0.6 is 0 Å². The molecule has 1 fully saturated rings. The van der Waals surface area contributed by atoms with Crippen LogP contribution in [0.15, 0.2) is 0 Å². The van der Waals surface area contributed by atoms with E-state index in [1.807, 2.05) is 20.8 Å². The highest BCUT2D eigenvalue weighted by Gasteiger charge is 2.52. The van der Waals surface area contributed by atoms with Crippen molar-refractivity contribution in [1.29, 1.82) is 0 Å². The standard InChI is InChI=1S/C16H36N2O4Si/c1-4-19-16(10-7-13-18-14-9-12-17)11-8-15-23(22-16,20-5-2)21-6-3/h18H,4-15,17H2,1-3H3. The molecule has 1 aliphatic rings. The van der Waals surface area contributed by atoms with E-state index in [1.165, 1.54) is 0 Å². The largest absolute Gasteiger partial charge is 0.503 e. The first kappa shape index (κ1) is 21.0. The molecule has 0 amide bonds. The zero-order valence-corrected chi connectivity index (χ0v) is 16.2. The first-order chi connectivity index (χ1) is 11.2. The number of rotatable bonds is 13. The molecule has 0 aromatic heterocycles. The maximum atomic E-state index is 6.44. The van der Waals surface area contributed by atoms with E-state index in [9.17, 15) is 0 Å². The Hall–Kier alpha value is -0.0231. The maximum absolute atomic E-state index is 6.44. The van der Waals surface area contributed by atoms with Crippen molar-refractivity contribution in [1.82, 2.24) is 5.32 Å². The van der Waals surface area contributed by atoms with Gasteiger partial charge in [-0.2, -0.15) is 0 Å². The molecule has 23 heavy (non-hydrogen) atoms. The fraction of sp³-hybridized carbons (Fsp3) is 1.00. The van der Waals surface area contributed by atoms with Crippen LogP contribution in [-0.2, 0) is 18.0 Å². The molecule has 3 N–H and O–H groups in total. The van der Waals surface area contributed by atoms with Crippen LogP contribution in [0.5, 0.6) is 0 Å². The summed E-state index contributed by atoms with van der Waals surface area (Å²) >= 11 is 0. The predicted octanol–water partition coefficient (Wildman–Crippen LogP) is 2.26. The highest BCUT2D eigenvalue weighted by molar-refractivity contribution is 6.61. The van der Waals surface area contributed by atoms with Crippen LogP contribution in [0.4, 0.5) is 0 Å². The van der Waals surface area contributed by atoms with Gasteiger partial charge in [-0.1, -0.05) is 0 Å². The molecule has 0 aromatic carbocycles. The summed E-state index contributed by atoms with van der Waals surface area (Å²) in [7, 11) is -2.60. The van der Waals surface area contributed by atoms with Crippen molar-refractivity contribution < 1.29 is 18.0 Å². The van der Waals surface area contributed by atoms with E-state index < -0.39 is 14.6 Å². The molecule has 0 bridgehead atoms. The summed E-state index contributed by atoms with van der Waals surface area (Å²) in [5.41, 5.74) is 5.50. The quantitative estimate of drug-likeness (QED) is 0.393. The Morgan fingerprint density at radius 3 is 2.39 bits per heavy atom. The minimum absolute atomic E-state index is 0.543. The van der Waals surface area contributed by atoms with Crippen molar-refractivity contribution in [3.05, 3.63) is 0 Å². The minimum atomic E-state index is -2.60. The van der Waals surface area contributed by atoms with Crippen molar-refractivity contribution >= 4 is 8.80 Å². The van der Waals surface area contributed by atoms with Gasteiger partial charge in [0.2, 0.25) is 0 Å². The molecule has 6 nitrogen and oxygen atoms in total. The summed E-state index contributed by atoms with van der Waals surface area (Å²) in [4.78, 5) is 0. The Morgan fingerprint density at radius 2 is 1.78 bits per heavy atom. The summed E-state index contributed by atoms with van der Waals surface area (Å²) in [6, 6.07) is 0.887. The molecule has 1 rings (SSSR count). The average molecular weight is 349 g/mol. The Morgan fingerprint density at radius 1 is 1.09 bits per heavy atom. The van der Waals surface area contributed by atoms with Gasteiger partial charge in [0.25, 0.3) is 0 Å². The monoisotopic (exact) mass is 348 g/mol. The van der Waals surface area contributed by atoms with Crippen LogP contribution in [0.2, 0.25) is 6.04 Å². The molecule has 0 radical (unpaired) electrons. The molecule has 0 spiro atoms.